The summed E-state index contributed by atoms with van der Waals surface area (Å²) in [6.07, 6.45) is 0. The molecule has 3 aromatic carbocycles. The van der Waals surface area contributed by atoms with Crippen LogP contribution in [0, 0.1) is 6.92 Å². The Balaban J connectivity index is 1.64. The van der Waals surface area contributed by atoms with Crippen molar-refractivity contribution in [2.45, 2.75) is 26.7 Å². The van der Waals surface area contributed by atoms with Crippen LogP contribution in [-0.4, -0.2) is 20.9 Å². The molecule has 0 radical (unpaired) electrons. The maximum absolute atomic E-state index is 12.7. The Hall–Kier alpha value is -2.89. The van der Waals surface area contributed by atoms with E-state index in [1.807, 2.05) is 31.2 Å². The number of aryl methyl sites for hydroxylation is 1. The van der Waals surface area contributed by atoms with Gasteiger partial charge in [0, 0.05) is 10.7 Å². The summed E-state index contributed by atoms with van der Waals surface area (Å²) in [6.45, 7) is 6.23. The lowest BCUT2D eigenvalue weighted by Gasteiger charge is -2.09. The summed E-state index contributed by atoms with van der Waals surface area (Å²) in [5.74, 6) is 0.155. The first kappa shape index (κ1) is 20.4. The van der Waals surface area contributed by atoms with Crippen LogP contribution in [0.2, 0.25) is 10.0 Å². The molecule has 7 heteroatoms. The highest BCUT2D eigenvalue weighted by Gasteiger charge is 2.14. The Labute approximate surface area is 184 Å². The molecular formula is C23H20Cl2N4O. The van der Waals surface area contributed by atoms with E-state index in [1.165, 1.54) is 5.56 Å². The van der Waals surface area contributed by atoms with Gasteiger partial charge < -0.3 is 5.32 Å². The summed E-state index contributed by atoms with van der Waals surface area (Å²) in [5, 5.41) is 12.8. The van der Waals surface area contributed by atoms with Gasteiger partial charge in [-0.15, -0.1) is 10.2 Å². The molecule has 4 rings (SSSR count). The van der Waals surface area contributed by atoms with Gasteiger partial charge in [-0.3, -0.25) is 4.79 Å². The van der Waals surface area contributed by atoms with Crippen LogP contribution in [0.15, 0.2) is 54.6 Å². The molecule has 0 spiro atoms. The normalized spacial score (nSPS) is 11.3. The van der Waals surface area contributed by atoms with E-state index in [-0.39, 0.29) is 5.91 Å². The van der Waals surface area contributed by atoms with Crippen LogP contribution in [0.25, 0.3) is 16.7 Å². The number of anilines is 1. The van der Waals surface area contributed by atoms with E-state index in [4.69, 9.17) is 23.2 Å². The number of nitrogens with one attached hydrogen (secondary N) is 1. The minimum Gasteiger partial charge on any atom is -0.322 e. The molecule has 1 amide bonds. The molecule has 1 N–H and O–H groups in total. The number of carbonyl (C=O) groups excluding carboxylic acids is 1. The van der Waals surface area contributed by atoms with Crippen LogP contribution in [-0.2, 0) is 0 Å². The van der Waals surface area contributed by atoms with E-state index in [9.17, 15) is 4.79 Å². The largest absolute Gasteiger partial charge is 0.322 e. The minimum atomic E-state index is -0.309. The first-order valence-corrected chi connectivity index (χ1v) is 10.3. The Kier molecular flexibility index (Phi) is 5.50. The first-order valence-electron chi connectivity index (χ1n) is 9.56. The SMILES string of the molecule is Cc1cc2nn(-c3ccc(C(C)C)cc3)nc2cc1NC(=O)c1ccc(Cl)cc1Cl. The van der Waals surface area contributed by atoms with E-state index in [0.717, 1.165) is 16.8 Å². The van der Waals surface area contributed by atoms with Crippen LogP contribution >= 0.6 is 23.2 Å². The molecule has 0 fully saturated rings. The van der Waals surface area contributed by atoms with Gasteiger partial charge in [0.1, 0.15) is 11.0 Å². The zero-order chi connectivity index (χ0) is 21.4. The highest BCUT2D eigenvalue weighted by atomic mass is 35.5. The maximum Gasteiger partial charge on any atom is 0.257 e. The van der Waals surface area contributed by atoms with Gasteiger partial charge in [0.15, 0.2) is 0 Å². The molecule has 0 saturated carbocycles. The van der Waals surface area contributed by atoms with Gasteiger partial charge in [0.2, 0.25) is 0 Å². The zero-order valence-corrected chi connectivity index (χ0v) is 18.3. The summed E-state index contributed by atoms with van der Waals surface area (Å²) in [4.78, 5) is 14.3. The number of halogens is 2. The molecule has 0 aliphatic carbocycles. The smallest absolute Gasteiger partial charge is 0.257 e. The predicted molar refractivity (Wildman–Crippen MR) is 122 cm³/mol. The van der Waals surface area contributed by atoms with E-state index >= 15 is 0 Å². The number of hydrogen-bond acceptors (Lipinski definition) is 3. The van der Waals surface area contributed by atoms with Crippen LogP contribution in [0.1, 0.15) is 41.3 Å². The minimum absolute atomic E-state index is 0.300. The third kappa shape index (κ3) is 4.04. The van der Waals surface area contributed by atoms with Gasteiger partial charge >= 0.3 is 0 Å². The van der Waals surface area contributed by atoms with Crippen molar-refractivity contribution >= 4 is 45.8 Å². The molecule has 0 saturated heterocycles. The lowest BCUT2D eigenvalue weighted by molar-refractivity contribution is 0.102. The first-order chi connectivity index (χ1) is 14.3. The number of rotatable bonds is 4. The Morgan fingerprint density at radius 3 is 2.27 bits per heavy atom. The lowest BCUT2D eigenvalue weighted by Crippen LogP contribution is -2.13. The Morgan fingerprint density at radius 2 is 1.63 bits per heavy atom. The molecule has 1 aromatic heterocycles. The van der Waals surface area contributed by atoms with E-state index < -0.39 is 0 Å². The molecule has 30 heavy (non-hydrogen) atoms. The molecule has 5 nitrogen and oxygen atoms in total. The monoisotopic (exact) mass is 438 g/mol. The number of fused-ring (bicyclic) bond motifs is 1. The quantitative estimate of drug-likeness (QED) is 0.400. The van der Waals surface area contributed by atoms with Gasteiger partial charge in [-0.05, 0) is 66.4 Å². The van der Waals surface area contributed by atoms with E-state index in [0.29, 0.717) is 32.7 Å². The van der Waals surface area contributed by atoms with Crippen molar-refractivity contribution in [1.29, 1.82) is 0 Å². The molecule has 0 bridgehead atoms. The highest BCUT2D eigenvalue weighted by molar-refractivity contribution is 6.37. The maximum atomic E-state index is 12.7. The Morgan fingerprint density at radius 1 is 0.967 bits per heavy atom. The van der Waals surface area contributed by atoms with Crippen molar-refractivity contribution in [2.24, 2.45) is 0 Å². The number of nitrogens with zero attached hydrogens (tertiary/aromatic N) is 3. The fourth-order valence-electron chi connectivity index (χ4n) is 3.17. The van der Waals surface area contributed by atoms with Gasteiger partial charge in [-0.2, -0.15) is 4.80 Å². The number of carbonyl (C=O) groups is 1. The third-order valence-corrected chi connectivity index (χ3v) is 5.49. The second-order valence-corrected chi connectivity index (χ2v) is 8.31. The van der Waals surface area contributed by atoms with E-state index in [2.05, 4.69) is 41.5 Å². The highest BCUT2D eigenvalue weighted by Crippen LogP contribution is 2.26. The van der Waals surface area contributed by atoms with Gasteiger partial charge in [-0.1, -0.05) is 49.2 Å². The van der Waals surface area contributed by atoms with Crippen LogP contribution in [0.4, 0.5) is 5.69 Å². The molecule has 4 aromatic rings. The average molecular weight is 439 g/mol. The summed E-state index contributed by atoms with van der Waals surface area (Å²) in [6, 6.07) is 16.7. The molecule has 0 atom stereocenters. The van der Waals surface area contributed by atoms with Crippen LogP contribution in [0.5, 0.6) is 0 Å². The standard InChI is InChI=1S/C23H20Cl2N4O/c1-13(2)15-4-7-17(8-5-15)29-27-21-10-14(3)20(12-22(21)28-29)26-23(30)18-9-6-16(24)11-19(18)25/h4-13H,1-3H3,(H,26,30). The number of aromatic nitrogens is 3. The fourth-order valence-corrected chi connectivity index (χ4v) is 3.67. The summed E-state index contributed by atoms with van der Waals surface area (Å²) in [5.41, 5.74) is 5.47. The summed E-state index contributed by atoms with van der Waals surface area (Å²) >= 11 is 12.1. The zero-order valence-electron chi connectivity index (χ0n) is 16.8. The molecule has 0 aliphatic rings. The lowest BCUT2D eigenvalue weighted by atomic mass is 10.0. The van der Waals surface area contributed by atoms with Gasteiger partial charge in [0.05, 0.1) is 16.3 Å². The average Bonchev–Trinajstić information content (AvgIpc) is 3.11. The predicted octanol–water partition coefficient (Wildman–Crippen LogP) is 6.41. The van der Waals surface area contributed by atoms with Crippen molar-refractivity contribution in [2.75, 3.05) is 5.32 Å². The van der Waals surface area contributed by atoms with Crippen LogP contribution < -0.4 is 5.32 Å². The van der Waals surface area contributed by atoms with Crippen molar-refractivity contribution in [3.05, 3.63) is 81.3 Å². The molecule has 152 valence electrons. The van der Waals surface area contributed by atoms with Crippen molar-refractivity contribution in [3.63, 3.8) is 0 Å². The van der Waals surface area contributed by atoms with Crippen molar-refractivity contribution < 1.29 is 4.79 Å². The van der Waals surface area contributed by atoms with E-state index in [1.54, 1.807) is 23.0 Å². The summed E-state index contributed by atoms with van der Waals surface area (Å²) < 4.78 is 0. The Bertz CT molecular complexity index is 1250. The van der Waals surface area contributed by atoms with Gasteiger partial charge in [-0.25, -0.2) is 0 Å². The second kappa shape index (κ2) is 8.09. The molecular weight excluding hydrogens is 419 g/mol. The number of amides is 1. The van der Waals surface area contributed by atoms with Gasteiger partial charge in [0.25, 0.3) is 5.91 Å². The fraction of sp³-hybridized carbons (Fsp3) is 0.174. The number of benzene rings is 3. The molecule has 0 aliphatic heterocycles. The molecule has 1 heterocycles. The second-order valence-electron chi connectivity index (χ2n) is 7.47. The molecule has 0 unspecified atom stereocenters. The number of hydrogen-bond donors (Lipinski definition) is 1. The summed E-state index contributed by atoms with van der Waals surface area (Å²) in [7, 11) is 0. The topological polar surface area (TPSA) is 59.8 Å². The van der Waals surface area contributed by atoms with Crippen molar-refractivity contribution in [3.8, 4) is 5.69 Å². The van der Waals surface area contributed by atoms with Crippen LogP contribution in [0.3, 0.4) is 0 Å². The third-order valence-electron chi connectivity index (χ3n) is 4.94. The van der Waals surface area contributed by atoms with Crippen molar-refractivity contribution in [1.82, 2.24) is 15.0 Å².